The summed E-state index contributed by atoms with van der Waals surface area (Å²) in [7, 11) is 0. The van der Waals surface area contributed by atoms with Crippen molar-refractivity contribution in [3.05, 3.63) is 42.7 Å². The molecule has 2 atom stereocenters. The number of urea groups is 1. The number of halogens is 1. The topological polar surface area (TPSA) is 73.5 Å². The Morgan fingerprint density at radius 3 is 2.79 bits per heavy atom. The molecule has 1 aromatic rings. The number of benzene rings is 1. The third kappa shape index (κ3) is 5.06. The van der Waals surface area contributed by atoms with E-state index < -0.39 is 0 Å². The molecule has 1 aliphatic heterocycles. The van der Waals surface area contributed by atoms with Gasteiger partial charge in [-0.15, -0.1) is 6.58 Å². The van der Waals surface area contributed by atoms with E-state index in [1.54, 1.807) is 6.08 Å². The van der Waals surface area contributed by atoms with Crippen LogP contribution in [0.4, 0.5) is 14.9 Å². The largest absolute Gasteiger partial charge is 0.351 e. The van der Waals surface area contributed by atoms with Crippen molar-refractivity contribution in [2.45, 2.75) is 25.4 Å². The van der Waals surface area contributed by atoms with Gasteiger partial charge in [-0.1, -0.05) is 6.08 Å². The van der Waals surface area contributed by atoms with Crippen LogP contribution in [0.1, 0.15) is 13.3 Å². The molecule has 0 unspecified atom stereocenters. The van der Waals surface area contributed by atoms with Gasteiger partial charge in [-0.3, -0.25) is 9.69 Å². The number of nitrogens with one attached hydrogen (secondary N) is 3. The zero-order valence-corrected chi connectivity index (χ0v) is 13.7. The molecule has 1 saturated heterocycles. The fraction of sp³-hybridized carbons (Fsp3) is 0.412. The van der Waals surface area contributed by atoms with Crippen molar-refractivity contribution in [3.8, 4) is 0 Å². The van der Waals surface area contributed by atoms with Crippen LogP contribution < -0.4 is 16.0 Å². The van der Waals surface area contributed by atoms with Crippen molar-refractivity contribution in [3.63, 3.8) is 0 Å². The third-order valence-corrected chi connectivity index (χ3v) is 4.00. The number of hydrogen-bond donors (Lipinski definition) is 3. The molecule has 1 heterocycles. The summed E-state index contributed by atoms with van der Waals surface area (Å²) in [6.07, 6.45) is 2.41. The zero-order valence-electron chi connectivity index (χ0n) is 13.7. The summed E-state index contributed by atoms with van der Waals surface area (Å²) in [6.45, 7) is 7.21. The summed E-state index contributed by atoms with van der Waals surface area (Å²) < 4.78 is 12.8. The highest BCUT2D eigenvalue weighted by atomic mass is 19.1. The van der Waals surface area contributed by atoms with Gasteiger partial charge in [0.25, 0.3) is 0 Å². The van der Waals surface area contributed by atoms with E-state index in [9.17, 15) is 14.0 Å². The van der Waals surface area contributed by atoms with E-state index in [1.165, 1.54) is 24.3 Å². The van der Waals surface area contributed by atoms with Crippen LogP contribution >= 0.6 is 0 Å². The number of hydrogen-bond acceptors (Lipinski definition) is 3. The number of carbonyl (C=O) groups is 2. The summed E-state index contributed by atoms with van der Waals surface area (Å²) in [5.41, 5.74) is 0.529. The quantitative estimate of drug-likeness (QED) is 0.694. The van der Waals surface area contributed by atoms with Gasteiger partial charge in [0.1, 0.15) is 5.82 Å². The minimum atomic E-state index is -0.351. The minimum Gasteiger partial charge on any atom is -0.351 e. The first kappa shape index (κ1) is 17.9. The summed E-state index contributed by atoms with van der Waals surface area (Å²) >= 11 is 0. The van der Waals surface area contributed by atoms with E-state index in [4.69, 9.17) is 0 Å². The fourth-order valence-corrected chi connectivity index (χ4v) is 2.63. The molecule has 2 rings (SSSR count). The Hall–Kier alpha value is -2.41. The highest BCUT2D eigenvalue weighted by Crippen LogP contribution is 2.14. The highest BCUT2D eigenvalue weighted by Gasteiger charge is 2.30. The lowest BCUT2D eigenvalue weighted by Crippen LogP contribution is -2.46. The number of rotatable bonds is 6. The Balaban J connectivity index is 1.78. The van der Waals surface area contributed by atoms with Crippen molar-refractivity contribution in [1.29, 1.82) is 0 Å². The van der Waals surface area contributed by atoms with Gasteiger partial charge in [0.2, 0.25) is 5.91 Å². The summed E-state index contributed by atoms with van der Waals surface area (Å²) in [4.78, 5) is 26.0. The van der Waals surface area contributed by atoms with Crippen molar-refractivity contribution in [2.24, 2.45) is 0 Å². The van der Waals surface area contributed by atoms with Gasteiger partial charge >= 0.3 is 6.03 Å². The Bertz CT molecular complexity index is 591. The second kappa shape index (κ2) is 8.44. The zero-order chi connectivity index (χ0) is 17.5. The van der Waals surface area contributed by atoms with Crippen molar-refractivity contribution in [1.82, 2.24) is 15.5 Å². The maximum atomic E-state index is 12.8. The minimum absolute atomic E-state index is 0.0277. The van der Waals surface area contributed by atoms with Gasteiger partial charge in [-0.25, -0.2) is 9.18 Å². The van der Waals surface area contributed by atoms with Crippen LogP contribution in [0, 0.1) is 5.82 Å². The molecule has 0 radical (unpaired) electrons. The van der Waals surface area contributed by atoms with E-state index in [-0.39, 0.29) is 29.8 Å². The lowest BCUT2D eigenvalue weighted by molar-refractivity contribution is -0.125. The van der Waals surface area contributed by atoms with Crippen molar-refractivity contribution >= 4 is 17.6 Å². The van der Waals surface area contributed by atoms with E-state index in [2.05, 4.69) is 22.5 Å². The van der Waals surface area contributed by atoms with E-state index in [0.717, 1.165) is 13.0 Å². The van der Waals surface area contributed by atoms with Gasteiger partial charge in [0.05, 0.1) is 6.04 Å². The van der Waals surface area contributed by atoms with Gasteiger partial charge in [-0.05, 0) is 37.6 Å². The molecule has 0 saturated carbocycles. The van der Waals surface area contributed by atoms with E-state index in [0.29, 0.717) is 18.8 Å². The monoisotopic (exact) mass is 334 g/mol. The Morgan fingerprint density at radius 2 is 2.12 bits per heavy atom. The summed E-state index contributed by atoms with van der Waals surface area (Å²) in [6, 6.07) is 4.96. The molecular formula is C17H23FN4O2. The highest BCUT2D eigenvalue weighted by molar-refractivity contribution is 5.89. The third-order valence-electron chi connectivity index (χ3n) is 4.00. The predicted molar refractivity (Wildman–Crippen MR) is 91.2 cm³/mol. The van der Waals surface area contributed by atoms with Crippen LogP contribution in [0.5, 0.6) is 0 Å². The molecule has 0 aliphatic carbocycles. The van der Waals surface area contributed by atoms with E-state index in [1.807, 2.05) is 11.8 Å². The summed E-state index contributed by atoms with van der Waals surface area (Å²) in [5.74, 6) is -0.401. The maximum absolute atomic E-state index is 12.8. The van der Waals surface area contributed by atoms with Crippen LogP contribution in [0.25, 0.3) is 0 Å². The molecule has 0 bridgehead atoms. The number of amides is 3. The lowest BCUT2D eigenvalue weighted by atomic mass is 10.2. The van der Waals surface area contributed by atoms with Crippen LogP contribution in [-0.4, -0.2) is 48.6 Å². The van der Waals surface area contributed by atoms with Crippen LogP contribution in [-0.2, 0) is 4.79 Å². The first-order valence-corrected chi connectivity index (χ1v) is 7.95. The molecular weight excluding hydrogens is 311 g/mol. The molecule has 0 aromatic heterocycles. The molecule has 3 amide bonds. The molecule has 3 N–H and O–H groups in total. The first-order chi connectivity index (χ1) is 11.5. The SMILES string of the molecule is C=CCNC(=O)[C@@H](C)N1CC[C@@H](NC(=O)Nc2ccc(F)cc2)C1. The van der Waals surface area contributed by atoms with Gasteiger partial charge < -0.3 is 16.0 Å². The molecule has 6 nitrogen and oxygen atoms in total. The van der Waals surface area contributed by atoms with Gasteiger partial charge in [0.15, 0.2) is 0 Å². The predicted octanol–water partition coefficient (Wildman–Crippen LogP) is 1.71. The second-order valence-electron chi connectivity index (χ2n) is 5.80. The van der Waals surface area contributed by atoms with Crippen LogP contribution in [0.15, 0.2) is 36.9 Å². The molecule has 130 valence electrons. The average Bonchev–Trinajstić information content (AvgIpc) is 3.02. The molecule has 24 heavy (non-hydrogen) atoms. The molecule has 1 aromatic carbocycles. The Labute approximate surface area is 141 Å². The molecule has 7 heteroatoms. The average molecular weight is 334 g/mol. The molecule has 1 fully saturated rings. The van der Waals surface area contributed by atoms with Gasteiger partial charge in [0, 0.05) is 31.4 Å². The molecule has 1 aliphatic rings. The lowest BCUT2D eigenvalue weighted by Gasteiger charge is -2.23. The fourth-order valence-electron chi connectivity index (χ4n) is 2.63. The van der Waals surface area contributed by atoms with E-state index >= 15 is 0 Å². The van der Waals surface area contributed by atoms with Gasteiger partial charge in [-0.2, -0.15) is 0 Å². The first-order valence-electron chi connectivity index (χ1n) is 7.95. The van der Waals surface area contributed by atoms with Crippen molar-refractivity contribution in [2.75, 3.05) is 25.0 Å². The Morgan fingerprint density at radius 1 is 1.42 bits per heavy atom. The molecule has 0 spiro atoms. The van der Waals surface area contributed by atoms with Crippen LogP contribution in [0.3, 0.4) is 0 Å². The number of likely N-dealkylation sites (tertiary alicyclic amines) is 1. The number of carbonyl (C=O) groups excluding carboxylic acids is 2. The smallest absolute Gasteiger partial charge is 0.319 e. The van der Waals surface area contributed by atoms with Crippen molar-refractivity contribution < 1.29 is 14.0 Å². The maximum Gasteiger partial charge on any atom is 0.319 e. The standard InChI is InChI=1S/C17H23FN4O2/c1-3-9-19-16(23)12(2)22-10-8-15(11-22)21-17(24)20-14-6-4-13(18)5-7-14/h3-7,12,15H,1,8-11H2,2H3,(H,19,23)(H2,20,21,24)/t12-,15-/m1/s1. The second-order valence-corrected chi connectivity index (χ2v) is 5.80. The number of anilines is 1. The summed E-state index contributed by atoms with van der Waals surface area (Å²) in [5, 5.41) is 8.31. The number of nitrogens with zero attached hydrogens (tertiary/aromatic N) is 1. The normalized spacial score (nSPS) is 18.7. The van der Waals surface area contributed by atoms with Crippen LogP contribution in [0.2, 0.25) is 0 Å². The Kier molecular flexibility index (Phi) is 6.31.